The summed E-state index contributed by atoms with van der Waals surface area (Å²) in [4.78, 5) is 23.6. The minimum absolute atomic E-state index is 0.0379. The van der Waals surface area contributed by atoms with E-state index in [0.29, 0.717) is 0 Å². The Labute approximate surface area is 177 Å². The Morgan fingerprint density at radius 3 is 2.17 bits per heavy atom. The van der Waals surface area contributed by atoms with Crippen LogP contribution in [-0.2, 0) is 24.2 Å². The molecule has 0 bridgehead atoms. The number of rotatable bonds is 11. The summed E-state index contributed by atoms with van der Waals surface area (Å²) >= 11 is 5.96. The normalized spacial score (nSPS) is 13.0. The van der Waals surface area contributed by atoms with Gasteiger partial charge in [-0.25, -0.2) is 13.6 Å². The highest BCUT2D eigenvalue weighted by atomic mass is 35.5. The minimum Gasteiger partial charge on any atom is -0.382 e. The molecule has 0 aliphatic rings. The molecule has 13 heteroatoms. The molecule has 2 aromatic carbocycles. The third-order valence-electron chi connectivity index (χ3n) is 4.16. The van der Waals surface area contributed by atoms with E-state index >= 15 is 0 Å². The molecular weight excluding hydrogens is 442 g/mol. The highest BCUT2D eigenvalue weighted by Gasteiger charge is 2.29. The summed E-state index contributed by atoms with van der Waals surface area (Å²) in [5, 5.41) is 20.7. The Bertz CT molecular complexity index is 1080. The van der Waals surface area contributed by atoms with E-state index in [2.05, 4.69) is 10.6 Å². The number of nitrogens with two attached hydrogens (primary N) is 1. The second-order valence-electron chi connectivity index (χ2n) is 6.26. The largest absolute Gasteiger partial charge is 0.382 e. The Kier molecular flexibility index (Phi) is 7.93. The molecule has 30 heavy (non-hydrogen) atoms. The summed E-state index contributed by atoms with van der Waals surface area (Å²) < 4.78 is 38.9. The molecule has 0 saturated heterocycles. The van der Waals surface area contributed by atoms with Crippen molar-refractivity contribution in [2.24, 2.45) is 5.14 Å². The molecule has 0 fully saturated rings. The van der Waals surface area contributed by atoms with Crippen molar-refractivity contribution in [3.63, 3.8) is 0 Å². The zero-order chi connectivity index (χ0) is 22.6. The third-order valence-corrected chi connectivity index (χ3v) is 5.59. The van der Waals surface area contributed by atoms with Crippen molar-refractivity contribution < 1.29 is 27.7 Å². The van der Waals surface area contributed by atoms with Crippen LogP contribution in [0.15, 0.2) is 26.6 Å². The third kappa shape index (κ3) is 4.98. The van der Waals surface area contributed by atoms with E-state index in [9.17, 15) is 23.1 Å². The van der Waals surface area contributed by atoms with Crippen molar-refractivity contribution in [1.29, 1.82) is 0 Å². The summed E-state index contributed by atoms with van der Waals surface area (Å²) in [5.74, 6) is 0. The summed E-state index contributed by atoms with van der Waals surface area (Å²) in [6.45, 7) is 0.381. The van der Waals surface area contributed by atoms with Gasteiger partial charge in [0.15, 0.2) is 6.29 Å². The van der Waals surface area contributed by atoms with E-state index < -0.39 is 38.1 Å². The summed E-state index contributed by atoms with van der Waals surface area (Å²) in [6, 6.07) is 2.10. The lowest BCUT2D eigenvalue weighted by molar-refractivity contribution is -0.0782. The van der Waals surface area contributed by atoms with Crippen LogP contribution in [-0.4, -0.2) is 54.1 Å². The van der Waals surface area contributed by atoms with Crippen molar-refractivity contribution in [2.75, 3.05) is 45.2 Å². The molecule has 166 valence electrons. The van der Waals surface area contributed by atoms with Gasteiger partial charge in [0.1, 0.15) is 16.3 Å². The number of sulfonamides is 1. The Balaban J connectivity index is 2.53. The fraction of sp³-hybridized carbons (Fsp3) is 0.412. The predicted octanol–water partition coefficient (Wildman–Crippen LogP) is 0.0376. The smallest absolute Gasteiger partial charge is 0.253 e. The first-order valence-corrected chi connectivity index (χ1v) is 10.4. The number of methoxy groups -OCH3 is 3. The van der Waals surface area contributed by atoms with E-state index in [1.165, 1.54) is 26.4 Å². The van der Waals surface area contributed by atoms with Crippen LogP contribution in [0.3, 0.4) is 0 Å². The highest BCUT2D eigenvalue weighted by Crippen LogP contribution is 2.37. The molecule has 0 amide bonds. The molecule has 0 saturated carbocycles. The maximum atomic E-state index is 12.1. The number of aliphatic hydroxyl groups excluding tert-OH is 1. The SMILES string of the molecule is COCC(COC)Nc1c(Nc2ccc(Cl)c(S(N)(=O)=O)c2C(O)OC)c(=O)c1=O. The summed E-state index contributed by atoms with van der Waals surface area (Å²) in [7, 11) is -0.305. The van der Waals surface area contributed by atoms with E-state index in [1.54, 1.807) is 0 Å². The number of anilines is 3. The van der Waals surface area contributed by atoms with Gasteiger partial charge in [-0.3, -0.25) is 9.59 Å². The molecule has 0 aliphatic heterocycles. The fourth-order valence-corrected chi connectivity index (χ4v) is 4.20. The number of hydrogen-bond donors (Lipinski definition) is 4. The number of ether oxygens (including phenoxy) is 3. The fourth-order valence-electron chi connectivity index (χ4n) is 2.86. The number of benzene rings is 1. The quantitative estimate of drug-likeness (QED) is 0.264. The van der Waals surface area contributed by atoms with Crippen LogP contribution < -0.4 is 26.6 Å². The molecule has 0 aliphatic carbocycles. The predicted molar refractivity (Wildman–Crippen MR) is 111 cm³/mol. The molecule has 2 rings (SSSR count). The van der Waals surface area contributed by atoms with Gasteiger partial charge in [-0.2, -0.15) is 0 Å². The molecule has 0 heterocycles. The number of primary sulfonamides is 1. The molecule has 1 atom stereocenters. The zero-order valence-electron chi connectivity index (χ0n) is 16.4. The molecule has 5 N–H and O–H groups in total. The molecule has 0 spiro atoms. The van der Waals surface area contributed by atoms with Crippen LogP contribution in [0.25, 0.3) is 0 Å². The first-order valence-electron chi connectivity index (χ1n) is 8.47. The first-order chi connectivity index (χ1) is 14.1. The summed E-state index contributed by atoms with van der Waals surface area (Å²) in [5.41, 5.74) is -2.13. The van der Waals surface area contributed by atoms with Crippen molar-refractivity contribution >= 4 is 38.7 Å². The van der Waals surface area contributed by atoms with E-state index in [-0.39, 0.29) is 40.9 Å². The van der Waals surface area contributed by atoms with E-state index in [0.717, 1.165) is 7.11 Å². The lowest BCUT2D eigenvalue weighted by Crippen LogP contribution is -2.41. The van der Waals surface area contributed by atoms with Gasteiger partial charge in [0.05, 0.1) is 29.8 Å². The van der Waals surface area contributed by atoms with E-state index in [4.69, 9.17) is 31.0 Å². The van der Waals surface area contributed by atoms with Crippen LogP contribution in [0.1, 0.15) is 11.9 Å². The maximum absolute atomic E-state index is 12.1. The lowest BCUT2D eigenvalue weighted by Gasteiger charge is -2.23. The Morgan fingerprint density at radius 2 is 1.67 bits per heavy atom. The van der Waals surface area contributed by atoms with Gasteiger partial charge in [-0.1, -0.05) is 11.6 Å². The van der Waals surface area contributed by atoms with E-state index in [1.807, 2.05) is 0 Å². The van der Waals surface area contributed by atoms with Gasteiger partial charge in [0, 0.05) is 27.0 Å². The second-order valence-corrected chi connectivity index (χ2v) is 8.16. The van der Waals surface area contributed by atoms with Crippen LogP contribution in [0.4, 0.5) is 17.1 Å². The second kappa shape index (κ2) is 9.83. The lowest BCUT2D eigenvalue weighted by atomic mass is 10.1. The Morgan fingerprint density at radius 1 is 1.10 bits per heavy atom. The van der Waals surface area contributed by atoms with Gasteiger partial charge in [0.2, 0.25) is 10.0 Å². The van der Waals surface area contributed by atoms with Gasteiger partial charge in [-0.15, -0.1) is 0 Å². The average Bonchev–Trinajstić information content (AvgIpc) is 2.69. The van der Waals surface area contributed by atoms with Crippen LogP contribution >= 0.6 is 11.6 Å². The zero-order valence-corrected chi connectivity index (χ0v) is 18.0. The number of aliphatic hydroxyl groups is 1. The standard InChI is InChI=1S/C17H22ClN3O8S/c1-27-6-8(7-28-2)20-12-13(15(23)14(12)22)21-10-5-4-9(18)16(30(19,25)26)11(10)17(24)29-3/h4-5,8,17,20-21,24H,6-7H2,1-3H3,(H2,19,25,26). The van der Waals surface area contributed by atoms with Gasteiger partial charge < -0.3 is 30.0 Å². The average molecular weight is 464 g/mol. The molecule has 0 aromatic heterocycles. The number of nitrogens with one attached hydrogen (secondary N) is 2. The molecule has 0 radical (unpaired) electrons. The van der Waals surface area contributed by atoms with Gasteiger partial charge >= 0.3 is 0 Å². The van der Waals surface area contributed by atoms with Gasteiger partial charge in [-0.05, 0) is 12.1 Å². The molecule has 11 nitrogen and oxygen atoms in total. The molecule has 2 aromatic rings. The van der Waals surface area contributed by atoms with Crippen molar-refractivity contribution in [1.82, 2.24) is 0 Å². The Hall–Kier alpha value is -2.06. The maximum Gasteiger partial charge on any atom is 0.253 e. The molecular formula is C17H22ClN3O8S. The highest BCUT2D eigenvalue weighted by molar-refractivity contribution is 7.89. The van der Waals surface area contributed by atoms with Gasteiger partial charge in [0.25, 0.3) is 10.9 Å². The van der Waals surface area contributed by atoms with Crippen molar-refractivity contribution in [3.8, 4) is 0 Å². The number of hydrogen-bond acceptors (Lipinski definition) is 10. The van der Waals surface area contributed by atoms with Crippen LogP contribution in [0, 0.1) is 0 Å². The van der Waals surface area contributed by atoms with Crippen molar-refractivity contribution in [3.05, 3.63) is 43.2 Å². The molecule has 1 unspecified atom stereocenters. The van der Waals surface area contributed by atoms with Crippen LogP contribution in [0.2, 0.25) is 5.02 Å². The number of halogens is 1. The topological polar surface area (TPSA) is 166 Å². The minimum atomic E-state index is -4.37. The monoisotopic (exact) mass is 463 g/mol. The van der Waals surface area contributed by atoms with Crippen LogP contribution in [0.5, 0.6) is 0 Å². The summed E-state index contributed by atoms with van der Waals surface area (Å²) in [6.07, 6.45) is -1.74. The van der Waals surface area contributed by atoms with Crippen molar-refractivity contribution in [2.45, 2.75) is 17.2 Å². The first kappa shape index (κ1) is 24.2.